The van der Waals surface area contributed by atoms with Gasteiger partial charge < -0.3 is 20.5 Å². The molecule has 1 unspecified atom stereocenters. The zero-order chi connectivity index (χ0) is 15.7. The van der Waals surface area contributed by atoms with Crippen LogP contribution < -0.4 is 11.1 Å². The van der Waals surface area contributed by atoms with E-state index in [4.69, 9.17) is 10.5 Å². The van der Waals surface area contributed by atoms with E-state index in [-0.39, 0.29) is 12.0 Å². The summed E-state index contributed by atoms with van der Waals surface area (Å²) in [6.45, 7) is 3.12. The normalized spacial score (nSPS) is 12.8. The standard InChI is InChI=1S/C15H23N3O3/c1-11(10-20-2)18-15(16)17-9-8-12-4-6-13(7-5-12)14(19)21-3/h4-7,11H,8-10H2,1-3H3,(H3,16,17,18). The number of nitrogens with zero attached hydrogens (tertiary/aromatic N) is 1. The maximum Gasteiger partial charge on any atom is 0.337 e. The van der Waals surface area contributed by atoms with Crippen LogP contribution in [0.4, 0.5) is 0 Å². The zero-order valence-electron chi connectivity index (χ0n) is 12.8. The fraction of sp³-hybridized carbons (Fsp3) is 0.467. The number of nitrogens with two attached hydrogens (primary N) is 1. The number of aliphatic imine (C=N–C) groups is 1. The molecule has 0 aliphatic rings. The topological polar surface area (TPSA) is 85.9 Å². The highest BCUT2D eigenvalue weighted by Crippen LogP contribution is 2.06. The number of methoxy groups -OCH3 is 2. The van der Waals surface area contributed by atoms with E-state index in [1.807, 2.05) is 19.1 Å². The Labute approximate surface area is 125 Å². The monoisotopic (exact) mass is 293 g/mol. The van der Waals surface area contributed by atoms with Crippen molar-refractivity contribution in [2.45, 2.75) is 19.4 Å². The van der Waals surface area contributed by atoms with Crippen LogP contribution in [0.2, 0.25) is 0 Å². The smallest absolute Gasteiger partial charge is 0.337 e. The summed E-state index contributed by atoms with van der Waals surface area (Å²) < 4.78 is 9.66. The fourth-order valence-electron chi connectivity index (χ4n) is 1.82. The number of hydrogen-bond acceptors (Lipinski definition) is 4. The summed E-state index contributed by atoms with van der Waals surface area (Å²) in [4.78, 5) is 15.6. The van der Waals surface area contributed by atoms with Crippen LogP contribution in [0, 0.1) is 0 Å². The van der Waals surface area contributed by atoms with Crippen molar-refractivity contribution < 1.29 is 14.3 Å². The fourth-order valence-corrected chi connectivity index (χ4v) is 1.82. The molecule has 0 amide bonds. The van der Waals surface area contributed by atoms with Gasteiger partial charge in [0.15, 0.2) is 5.96 Å². The second kappa shape index (κ2) is 8.97. The van der Waals surface area contributed by atoms with Crippen molar-refractivity contribution in [2.24, 2.45) is 10.7 Å². The summed E-state index contributed by atoms with van der Waals surface area (Å²) in [5.41, 5.74) is 7.40. The molecular formula is C15H23N3O3. The van der Waals surface area contributed by atoms with Crippen molar-refractivity contribution in [1.29, 1.82) is 0 Å². The van der Waals surface area contributed by atoms with Crippen molar-refractivity contribution in [2.75, 3.05) is 27.4 Å². The summed E-state index contributed by atoms with van der Waals surface area (Å²) in [5, 5.41) is 3.04. The molecule has 116 valence electrons. The highest BCUT2D eigenvalue weighted by Gasteiger charge is 2.04. The van der Waals surface area contributed by atoms with Crippen LogP contribution in [-0.4, -0.2) is 45.3 Å². The van der Waals surface area contributed by atoms with Crippen molar-refractivity contribution >= 4 is 11.9 Å². The van der Waals surface area contributed by atoms with E-state index in [2.05, 4.69) is 15.0 Å². The van der Waals surface area contributed by atoms with Gasteiger partial charge in [-0.1, -0.05) is 12.1 Å². The number of hydrogen-bond donors (Lipinski definition) is 2. The second-order valence-electron chi connectivity index (χ2n) is 4.71. The highest BCUT2D eigenvalue weighted by atomic mass is 16.5. The molecule has 1 aromatic rings. The molecule has 1 atom stereocenters. The van der Waals surface area contributed by atoms with E-state index in [0.717, 1.165) is 12.0 Å². The summed E-state index contributed by atoms with van der Waals surface area (Å²) >= 11 is 0. The first-order chi connectivity index (χ1) is 10.1. The summed E-state index contributed by atoms with van der Waals surface area (Å²) in [6.07, 6.45) is 0.752. The number of carbonyl (C=O) groups is 1. The second-order valence-corrected chi connectivity index (χ2v) is 4.71. The van der Waals surface area contributed by atoms with Crippen LogP contribution in [-0.2, 0) is 15.9 Å². The van der Waals surface area contributed by atoms with Crippen LogP contribution in [0.1, 0.15) is 22.8 Å². The van der Waals surface area contributed by atoms with E-state index in [1.165, 1.54) is 7.11 Å². The third-order valence-electron chi connectivity index (χ3n) is 2.87. The van der Waals surface area contributed by atoms with E-state index in [0.29, 0.717) is 24.7 Å². The molecule has 0 saturated carbocycles. The number of guanidine groups is 1. The lowest BCUT2D eigenvalue weighted by molar-refractivity contribution is 0.0600. The van der Waals surface area contributed by atoms with Gasteiger partial charge in [-0.25, -0.2) is 4.79 Å². The summed E-state index contributed by atoms with van der Waals surface area (Å²) in [7, 11) is 3.01. The number of nitrogens with one attached hydrogen (secondary N) is 1. The predicted octanol–water partition coefficient (Wildman–Crippen LogP) is 0.955. The minimum atomic E-state index is -0.333. The van der Waals surface area contributed by atoms with Gasteiger partial charge in [-0.15, -0.1) is 0 Å². The maximum absolute atomic E-state index is 11.3. The lowest BCUT2D eigenvalue weighted by atomic mass is 10.1. The van der Waals surface area contributed by atoms with E-state index in [9.17, 15) is 4.79 Å². The van der Waals surface area contributed by atoms with Crippen LogP contribution in [0.5, 0.6) is 0 Å². The Kier molecular flexibility index (Phi) is 7.25. The molecule has 0 aliphatic carbocycles. The largest absolute Gasteiger partial charge is 0.465 e. The predicted molar refractivity (Wildman–Crippen MR) is 82.4 cm³/mol. The summed E-state index contributed by atoms with van der Waals surface area (Å²) in [6, 6.07) is 7.39. The van der Waals surface area contributed by atoms with Crippen molar-refractivity contribution in [3.8, 4) is 0 Å². The minimum Gasteiger partial charge on any atom is -0.465 e. The number of ether oxygens (including phenoxy) is 2. The van der Waals surface area contributed by atoms with Gasteiger partial charge in [0.2, 0.25) is 0 Å². The van der Waals surface area contributed by atoms with Gasteiger partial charge in [0.1, 0.15) is 0 Å². The Morgan fingerprint density at radius 2 is 2.00 bits per heavy atom. The molecule has 6 heteroatoms. The molecule has 6 nitrogen and oxygen atoms in total. The third kappa shape index (κ3) is 6.27. The van der Waals surface area contributed by atoms with Gasteiger partial charge in [0.25, 0.3) is 0 Å². The van der Waals surface area contributed by atoms with Gasteiger partial charge in [-0.05, 0) is 31.0 Å². The first kappa shape index (κ1) is 17.0. The first-order valence-corrected chi connectivity index (χ1v) is 6.79. The Morgan fingerprint density at radius 1 is 1.33 bits per heavy atom. The van der Waals surface area contributed by atoms with Gasteiger partial charge in [-0.2, -0.15) is 0 Å². The molecule has 0 bridgehead atoms. The molecule has 0 radical (unpaired) electrons. The van der Waals surface area contributed by atoms with Crippen LogP contribution in [0.3, 0.4) is 0 Å². The van der Waals surface area contributed by atoms with Gasteiger partial charge in [-0.3, -0.25) is 4.99 Å². The molecule has 1 rings (SSSR count). The van der Waals surface area contributed by atoms with E-state index >= 15 is 0 Å². The lowest BCUT2D eigenvalue weighted by Gasteiger charge is -2.13. The number of benzene rings is 1. The number of carbonyl (C=O) groups excluding carboxylic acids is 1. The van der Waals surface area contributed by atoms with Crippen LogP contribution in [0.15, 0.2) is 29.3 Å². The van der Waals surface area contributed by atoms with Gasteiger partial charge >= 0.3 is 5.97 Å². The van der Waals surface area contributed by atoms with Crippen LogP contribution in [0.25, 0.3) is 0 Å². The third-order valence-corrected chi connectivity index (χ3v) is 2.87. The zero-order valence-corrected chi connectivity index (χ0v) is 12.8. The number of rotatable bonds is 7. The molecule has 3 N–H and O–H groups in total. The Bertz CT molecular complexity index is 472. The first-order valence-electron chi connectivity index (χ1n) is 6.79. The number of esters is 1. The Balaban J connectivity index is 2.43. The van der Waals surface area contributed by atoms with Crippen LogP contribution >= 0.6 is 0 Å². The van der Waals surface area contributed by atoms with Gasteiger partial charge in [0.05, 0.1) is 19.3 Å². The molecule has 0 aromatic heterocycles. The molecule has 0 spiro atoms. The average Bonchev–Trinajstić information content (AvgIpc) is 2.47. The molecule has 0 saturated heterocycles. The molecule has 21 heavy (non-hydrogen) atoms. The molecule has 1 aromatic carbocycles. The highest BCUT2D eigenvalue weighted by molar-refractivity contribution is 5.89. The SMILES string of the molecule is COCC(C)NC(N)=NCCc1ccc(C(=O)OC)cc1. The van der Waals surface area contributed by atoms with E-state index in [1.54, 1.807) is 19.2 Å². The molecule has 0 heterocycles. The molecule has 0 fully saturated rings. The lowest BCUT2D eigenvalue weighted by Crippen LogP contribution is -2.40. The van der Waals surface area contributed by atoms with Crippen molar-refractivity contribution in [3.05, 3.63) is 35.4 Å². The van der Waals surface area contributed by atoms with Gasteiger partial charge in [0, 0.05) is 19.7 Å². The molecule has 0 aliphatic heterocycles. The Hall–Kier alpha value is -2.08. The maximum atomic E-state index is 11.3. The average molecular weight is 293 g/mol. The van der Waals surface area contributed by atoms with E-state index < -0.39 is 0 Å². The van der Waals surface area contributed by atoms with Crippen molar-refractivity contribution in [3.63, 3.8) is 0 Å². The van der Waals surface area contributed by atoms with Crippen molar-refractivity contribution in [1.82, 2.24) is 5.32 Å². The minimum absolute atomic E-state index is 0.123. The summed E-state index contributed by atoms with van der Waals surface area (Å²) in [5.74, 6) is 0.0749. The molecular weight excluding hydrogens is 270 g/mol. The Morgan fingerprint density at radius 3 is 2.57 bits per heavy atom. The quantitative estimate of drug-likeness (QED) is 0.444.